The molecule has 3 nitrogen and oxygen atoms in total. The van der Waals surface area contributed by atoms with Crippen molar-refractivity contribution < 1.29 is 9.53 Å². The van der Waals surface area contributed by atoms with Gasteiger partial charge in [-0.05, 0) is 38.5 Å². The van der Waals surface area contributed by atoms with Crippen LogP contribution >= 0.6 is 0 Å². The Kier molecular flexibility index (Phi) is 3.18. The number of carbonyl (C=O) groups excluding carboxylic acids is 1. The highest BCUT2D eigenvalue weighted by Gasteiger charge is 2.12. The number of H-pyrrole nitrogens is 1. The molecule has 0 aliphatic carbocycles. The number of fused-ring (bicyclic) bond motifs is 1. The Hall–Kier alpha value is -1.77. The number of carbonyl (C=O) groups is 1. The molecule has 0 aliphatic heterocycles. The molecule has 1 N–H and O–H groups in total. The zero-order chi connectivity index (χ0) is 12.4. The normalized spacial score (nSPS) is 10.8. The van der Waals surface area contributed by atoms with Gasteiger partial charge in [-0.25, -0.2) is 0 Å². The van der Waals surface area contributed by atoms with Gasteiger partial charge in [0.15, 0.2) is 0 Å². The summed E-state index contributed by atoms with van der Waals surface area (Å²) in [5.41, 5.74) is 4.36. The van der Waals surface area contributed by atoms with Crippen molar-refractivity contribution >= 4 is 16.9 Å². The van der Waals surface area contributed by atoms with Crippen LogP contribution in [0.25, 0.3) is 10.9 Å². The van der Waals surface area contributed by atoms with E-state index in [1.54, 1.807) is 0 Å². The van der Waals surface area contributed by atoms with Crippen molar-refractivity contribution in [1.29, 1.82) is 0 Å². The first-order valence-corrected chi connectivity index (χ1v) is 5.85. The first kappa shape index (κ1) is 11.7. The molecule has 0 bridgehead atoms. The Balaban J connectivity index is 2.41. The summed E-state index contributed by atoms with van der Waals surface area (Å²) < 4.78 is 5.00. The van der Waals surface area contributed by atoms with Crippen LogP contribution in [0.2, 0.25) is 0 Å². The van der Waals surface area contributed by atoms with Crippen molar-refractivity contribution in [3.63, 3.8) is 0 Å². The van der Waals surface area contributed by atoms with Crippen LogP contribution in [0.4, 0.5) is 0 Å². The van der Waals surface area contributed by atoms with Gasteiger partial charge in [0, 0.05) is 16.6 Å². The summed E-state index contributed by atoms with van der Waals surface area (Å²) >= 11 is 0. The SMILES string of the molecule is CCOC(=O)Cc1c(C)[nH]c2ccc(C)cc12. The summed E-state index contributed by atoms with van der Waals surface area (Å²) in [6.07, 6.45) is 0.336. The van der Waals surface area contributed by atoms with E-state index >= 15 is 0 Å². The minimum atomic E-state index is -0.169. The molecule has 90 valence electrons. The lowest BCUT2D eigenvalue weighted by Gasteiger charge is -2.02. The molecule has 0 saturated heterocycles. The van der Waals surface area contributed by atoms with E-state index in [2.05, 4.69) is 24.0 Å². The summed E-state index contributed by atoms with van der Waals surface area (Å²) in [5.74, 6) is -0.169. The first-order chi connectivity index (χ1) is 8.11. The third-order valence-corrected chi connectivity index (χ3v) is 2.90. The van der Waals surface area contributed by atoms with Crippen molar-refractivity contribution in [2.75, 3.05) is 6.61 Å². The van der Waals surface area contributed by atoms with Crippen LogP contribution in [0.3, 0.4) is 0 Å². The minimum Gasteiger partial charge on any atom is -0.466 e. The van der Waals surface area contributed by atoms with Crippen molar-refractivity contribution in [2.45, 2.75) is 27.2 Å². The molecule has 0 spiro atoms. The zero-order valence-corrected chi connectivity index (χ0v) is 10.5. The quantitative estimate of drug-likeness (QED) is 0.825. The third kappa shape index (κ3) is 2.33. The molecule has 1 aromatic heterocycles. The highest BCUT2D eigenvalue weighted by Crippen LogP contribution is 2.23. The van der Waals surface area contributed by atoms with Gasteiger partial charge in [0.2, 0.25) is 0 Å². The molecule has 0 aliphatic rings. The second kappa shape index (κ2) is 4.62. The standard InChI is InChI=1S/C14H17NO2/c1-4-17-14(16)8-11-10(3)15-13-6-5-9(2)7-12(11)13/h5-7,15H,4,8H2,1-3H3. The van der Waals surface area contributed by atoms with Crippen LogP contribution in [-0.2, 0) is 16.0 Å². The van der Waals surface area contributed by atoms with Gasteiger partial charge in [-0.15, -0.1) is 0 Å². The minimum absolute atomic E-state index is 0.169. The van der Waals surface area contributed by atoms with Gasteiger partial charge in [0.25, 0.3) is 0 Å². The molecule has 3 heteroatoms. The van der Waals surface area contributed by atoms with Crippen molar-refractivity contribution in [3.8, 4) is 0 Å². The molecular weight excluding hydrogens is 214 g/mol. The van der Waals surface area contributed by atoms with Gasteiger partial charge in [-0.1, -0.05) is 11.6 Å². The number of aromatic nitrogens is 1. The Bertz CT molecular complexity index is 555. The molecular formula is C14H17NO2. The Morgan fingerprint density at radius 1 is 1.35 bits per heavy atom. The molecule has 0 fully saturated rings. The molecule has 0 radical (unpaired) electrons. The number of rotatable bonds is 3. The molecule has 0 atom stereocenters. The van der Waals surface area contributed by atoms with Crippen LogP contribution in [0.5, 0.6) is 0 Å². The van der Waals surface area contributed by atoms with Crippen LogP contribution in [0.15, 0.2) is 18.2 Å². The van der Waals surface area contributed by atoms with Gasteiger partial charge < -0.3 is 9.72 Å². The number of aromatic amines is 1. The summed E-state index contributed by atoms with van der Waals surface area (Å²) in [6.45, 7) is 6.29. The average molecular weight is 231 g/mol. The summed E-state index contributed by atoms with van der Waals surface area (Å²) in [4.78, 5) is 14.8. The molecule has 1 heterocycles. The number of hydrogen-bond donors (Lipinski definition) is 1. The number of nitrogens with one attached hydrogen (secondary N) is 1. The van der Waals surface area contributed by atoms with E-state index < -0.39 is 0 Å². The molecule has 0 saturated carbocycles. The van der Waals surface area contributed by atoms with Gasteiger partial charge in [0.05, 0.1) is 13.0 Å². The van der Waals surface area contributed by atoms with E-state index in [1.807, 2.05) is 19.9 Å². The van der Waals surface area contributed by atoms with Gasteiger partial charge in [-0.3, -0.25) is 4.79 Å². The van der Waals surface area contributed by atoms with Gasteiger partial charge in [0.1, 0.15) is 0 Å². The van der Waals surface area contributed by atoms with E-state index in [0.29, 0.717) is 13.0 Å². The van der Waals surface area contributed by atoms with Crippen LogP contribution in [0.1, 0.15) is 23.7 Å². The van der Waals surface area contributed by atoms with Gasteiger partial charge >= 0.3 is 5.97 Å². The van der Waals surface area contributed by atoms with E-state index in [-0.39, 0.29) is 5.97 Å². The van der Waals surface area contributed by atoms with Gasteiger partial charge in [-0.2, -0.15) is 0 Å². The fourth-order valence-electron chi connectivity index (χ4n) is 2.08. The first-order valence-electron chi connectivity index (χ1n) is 5.85. The number of aryl methyl sites for hydroxylation is 2. The highest BCUT2D eigenvalue weighted by atomic mass is 16.5. The Morgan fingerprint density at radius 3 is 2.82 bits per heavy atom. The lowest BCUT2D eigenvalue weighted by atomic mass is 10.1. The smallest absolute Gasteiger partial charge is 0.310 e. The summed E-state index contributed by atoms with van der Waals surface area (Å²) in [7, 11) is 0. The maximum absolute atomic E-state index is 11.6. The molecule has 2 rings (SSSR count). The predicted molar refractivity (Wildman–Crippen MR) is 68.1 cm³/mol. The highest BCUT2D eigenvalue weighted by molar-refractivity contribution is 5.89. The van der Waals surface area contributed by atoms with E-state index in [0.717, 1.165) is 22.2 Å². The number of ether oxygens (including phenoxy) is 1. The molecule has 0 unspecified atom stereocenters. The lowest BCUT2D eigenvalue weighted by Crippen LogP contribution is -2.07. The fourth-order valence-corrected chi connectivity index (χ4v) is 2.08. The zero-order valence-electron chi connectivity index (χ0n) is 10.5. The maximum atomic E-state index is 11.6. The van der Waals surface area contributed by atoms with Crippen LogP contribution in [-0.4, -0.2) is 17.6 Å². The predicted octanol–water partition coefficient (Wildman–Crippen LogP) is 2.89. The van der Waals surface area contributed by atoms with Crippen molar-refractivity contribution in [1.82, 2.24) is 4.98 Å². The molecule has 2 aromatic rings. The second-order valence-corrected chi connectivity index (χ2v) is 4.26. The van der Waals surface area contributed by atoms with E-state index in [1.165, 1.54) is 5.56 Å². The van der Waals surface area contributed by atoms with Crippen molar-refractivity contribution in [3.05, 3.63) is 35.0 Å². The Morgan fingerprint density at radius 2 is 2.12 bits per heavy atom. The van der Waals surface area contributed by atoms with E-state index in [9.17, 15) is 4.79 Å². The number of benzene rings is 1. The van der Waals surface area contributed by atoms with Crippen LogP contribution < -0.4 is 0 Å². The average Bonchev–Trinajstić information content (AvgIpc) is 2.56. The summed E-state index contributed by atoms with van der Waals surface area (Å²) in [6, 6.07) is 6.21. The van der Waals surface area contributed by atoms with Crippen LogP contribution in [0, 0.1) is 13.8 Å². The topological polar surface area (TPSA) is 42.1 Å². The molecule has 0 amide bonds. The Labute approximate surface area is 101 Å². The lowest BCUT2D eigenvalue weighted by molar-refractivity contribution is -0.142. The monoisotopic (exact) mass is 231 g/mol. The van der Waals surface area contributed by atoms with E-state index in [4.69, 9.17) is 4.74 Å². The molecule has 1 aromatic carbocycles. The van der Waals surface area contributed by atoms with Crippen molar-refractivity contribution in [2.24, 2.45) is 0 Å². The largest absolute Gasteiger partial charge is 0.466 e. The molecule has 17 heavy (non-hydrogen) atoms. The summed E-state index contributed by atoms with van der Waals surface area (Å²) in [5, 5.41) is 1.12. The fraction of sp³-hybridized carbons (Fsp3) is 0.357. The third-order valence-electron chi connectivity index (χ3n) is 2.90. The number of hydrogen-bond acceptors (Lipinski definition) is 2. The second-order valence-electron chi connectivity index (χ2n) is 4.26. The number of esters is 1. The maximum Gasteiger partial charge on any atom is 0.310 e.